The molecule has 0 radical (unpaired) electrons. The number of nitrogens with zero attached hydrogens (tertiary/aromatic N) is 2. The summed E-state index contributed by atoms with van der Waals surface area (Å²) >= 11 is 1.29. The fourth-order valence-electron chi connectivity index (χ4n) is 5.28. The van der Waals surface area contributed by atoms with Crippen LogP contribution in [0.2, 0.25) is 0 Å². The zero-order valence-electron chi connectivity index (χ0n) is 24.1. The Morgan fingerprint density at radius 3 is 2.42 bits per heavy atom. The SMILES string of the molecule is CCOC(=O)C1=C(C)N=c2s/c(=C\c3ccc(OCc4cccc5ccccc45)cc3)c(=O)n2C1c1ccc(OC)cc1. The standard InChI is InChI=1S/C35H30N2O5S/c1-4-41-34(39)31-22(2)36-35-37(32(31)25-14-18-27(40-3)19-15-25)33(38)30(43-35)20-23-12-16-28(17-13-23)42-21-26-10-7-9-24-8-5-6-11-29(24)26/h5-20,32H,4,21H2,1-3H3/b30-20-. The van der Waals surface area contributed by atoms with Gasteiger partial charge in [0.1, 0.15) is 18.1 Å². The lowest BCUT2D eigenvalue weighted by atomic mass is 9.96. The van der Waals surface area contributed by atoms with Crippen molar-refractivity contribution in [2.75, 3.05) is 13.7 Å². The maximum Gasteiger partial charge on any atom is 0.338 e. The molecule has 0 fully saturated rings. The molecular formula is C35H30N2O5S. The molecule has 1 aliphatic rings. The van der Waals surface area contributed by atoms with Gasteiger partial charge in [-0.05, 0) is 71.7 Å². The first-order valence-corrected chi connectivity index (χ1v) is 14.8. The Labute approximate surface area is 252 Å². The molecule has 1 aromatic heterocycles. The quantitative estimate of drug-likeness (QED) is 0.222. The average molecular weight is 591 g/mol. The van der Waals surface area contributed by atoms with Crippen LogP contribution in [0.25, 0.3) is 16.8 Å². The number of ether oxygens (including phenoxy) is 3. The van der Waals surface area contributed by atoms with E-state index in [2.05, 4.69) is 29.3 Å². The van der Waals surface area contributed by atoms with Crippen LogP contribution in [0.3, 0.4) is 0 Å². The molecule has 0 amide bonds. The Morgan fingerprint density at radius 1 is 0.953 bits per heavy atom. The monoisotopic (exact) mass is 590 g/mol. The summed E-state index contributed by atoms with van der Waals surface area (Å²) in [4.78, 5) is 32.1. The summed E-state index contributed by atoms with van der Waals surface area (Å²) in [5.41, 5.74) is 3.38. The minimum Gasteiger partial charge on any atom is -0.497 e. The third-order valence-electron chi connectivity index (χ3n) is 7.40. The van der Waals surface area contributed by atoms with Crippen molar-refractivity contribution in [1.82, 2.24) is 4.57 Å². The van der Waals surface area contributed by atoms with Gasteiger partial charge in [-0.1, -0.05) is 78.1 Å². The molecule has 4 aromatic carbocycles. The van der Waals surface area contributed by atoms with Crippen LogP contribution in [0.1, 0.15) is 36.6 Å². The van der Waals surface area contributed by atoms with Crippen molar-refractivity contribution in [3.05, 3.63) is 139 Å². The van der Waals surface area contributed by atoms with Crippen LogP contribution in [0.4, 0.5) is 0 Å². The minimum absolute atomic E-state index is 0.219. The topological polar surface area (TPSA) is 79.1 Å². The fourth-order valence-corrected chi connectivity index (χ4v) is 6.33. The normalized spacial score (nSPS) is 14.8. The fraction of sp³-hybridized carbons (Fsp3) is 0.171. The number of carbonyl (C=O) groups excluding carboxylic acids is 1. The van der Waals surface area contributed by atoms with Crippen molar-refractivity contribution in [3.8, 4) is 11.5 Å². The largest absolute Gasteiger partial charge is 0.497 e. The highest BCUT2D eigenvalue weighted by atomic mass is 32.1. The molecule has 5 aromatic rings. The van der Waals surface area contributed by atoms with Gasteiger partial charge in [0.05, 0.1) is 35.6 Å². The van der Waals surface area contributed by atoms with Crippen LogP contribution in [0.15, 0.2) is 112 Å². The molecule has 216 valence electrons. The number of hydrogen-bond donors (Lipinski definition) is 0. The number of hydrogen-bond acceptors (Lipinski definition) is 7. The second-order valence-corrected chi connectivity index (χ2v) is 11.1. The highest BCUT2D eigenvalue weighted by Gasteiger charge is 2.33. The number of esters is 1. The third kappa shape index (κ3) is 5.61. The van der Waals surface area contributed by atoms with Crippen molar-refractivity contribution in [2.24, 2.45) is 4.99 Å². The number of benzene rings is 4. The molecule has 8 heteroatoms. The van der Waals surface area contributed by atoms with Gasteiger partial charge in [0.15, 0.2) is 4.80 Å². The van der Waals surface area contributed by atoms with E-state index in [1.54, 1.807) is 25.5 Å². The Bertz CT molecular complexity index is 2020. The molecule has 0 aliphatic carbocycles. The van der Waals surface area contributed by atoms with E-state index in [4.69, 9.17) is 14.2 Å². The summed E-state index contributed by atoms with van der Waals surface area (Å²) < 4.78 is 18.9. The summed E-state index contributed by atoms with van der Waals surface area (Å²) in [6.45, 7) is 4.20. The number of thiazole rings is 1. The minimum atomic E-state index is -0.673. The highest BCUT2D eigenvalue weighted by molar-refractivity contribution is 7.07. The zero-order chi connectivity index (χ0) is 29.9. The van der Waals surface area contributed by atoms with Gasteiger partial charge in [-0.25, -0.2) is 9.79 Å². The summed E-state index contributed by atoms with van der Waals surface area (Å²) in [6.07, 6.45) is 1.84. The zero-order valence-corrected chi connectivity index (χ0v) is 24.9. The summed E-state index contributed by atoms with van der Waals surface area (Å²) in [5.74, 6) is 0.929. The van der Waals surface area contributed by atoms with Crippen LogP contribution in [-0.4, -0.2) is 24.3 Å². The maximum atomic E-state index is 13.8. The molecular weight excluding hydrogens is 560 g/mol. The van der Waals surface area contributed by atoms with E-state index in [0.717, 1.165) is 22.4 Å². The number of methoxy groups -OCH3 is 1. The number of carbonyl (C=O) groups is 1. The third-order valence-corrected chi connectivity index (χ3v) is 8.38. The first-order chi connectivity index (χ1) is 21.0. The smallest absolute Gasteiger partial charge is 0.338 e. The number of aromatic nitrogens is 1. The van der Waals surface area contributed by atoms with Gasteiger partial charge in [0.25, 0.3) is 5.56 Å². The number of rotatable bonds is 8. The average Bonchev–Trinajstić information content (AvgIpc) is 3.33. The van der Waals surface area contributed by atoms with E-state index < -0.39 is 12.0 Å². The first-order valence-electron chi connectivity index (χ1n) is 14.0. The second-order valence-electron chi connectivity index (χ2n) is 10.1. The van der Waals surface area contributed by atoms with E-state index in [-0.39, 0.29) is 12.2 Å². The van der Waals surface area contributed by atoms with Crippen molar-refractivity contribution in [3.63, 3.8) is 0 Å². The van der Waals surface area contributed by atoms with E-state index in [9.17, 15) is 9.59 Å². The Hall–Kier alpha value is -4.95. The molecule has 1 unspecified atom stereocenters. The van der Waals surface area contributed by atoms with Crippen LogP contribution in [0.5, 0.6) is 11.5 Å². The Kier molecular flexibility index (Phi) is 7.94. The molecule has 6 rings (SSSR count). The van der Waals surface area contributed by atoms with Gasteiger partial charge in [-0.15, -0.1) is 0 Å². The van der Waals surface area contributed by atoms with E-state index >= 15 is 0 Å². The molecule has 1 atom stereocenters. The molecule has 0 spiro atoms. The number of allylic oxidation sites excluding steroid dienone is 1. The van der Waals surface area contributed by atoms with Gasteiger partial charge >= 0.3 is 5.97 Å². The Balaban J connectivity index is 1.31. The van der Waals surface area contributed by atoms with E-state index in [1.807, 2.05) is 72.8 Å². The van der Waals surface area contributed by atoms with Gasteiger partial charge in [0, 0.05) is 0 Å². The van der Waals surface area contributed by atoms with Crippen LogP contribution in [0, 0.1) is 0 Å². The maximum absolute atomic E-state index is 13.8. The lowest BCUT2D eigenvalue weighted by Gasteiger charge is -2.24. The molecule has 0 saturated carbocycles. The van der Waals surface area contributed by atoms with Gasteiger partial charge in [0.2, 0.25) is 0 Å². The van der Waals surface area contributed by atoms with Crippen LogP contribution >= 0.6 is 11.3 Å². The van der Waals surface area contributed by atoms with Crippen LogP contribution in [-0.2, 0) is 16.1 Å². The van der Waals surface area contributed by atoms with E-state index in [1.165, 1.54) is 22.1 Å². The molecule has 7 nitrogen and oxygen atoms in total. The number of fused-ring (bicyclic) bond motifs is 2. The summed E-state index contributed by atoms with van der Waals surface area (Å²) in [7, 11) is 1.59. The van der Waals surface area contributed by atoms with Crippen LogP contribution < -0.4 is 24.4 Å². The lowest BCUT2D eigenvalue weighted by molar-refractivity contribution is -0.139. The molecule has 43 heavy (non-hydrogen) atoms. The molecule has 0 bridgehead atoms. The van der Waals surface area contributed by atoms with Crippen molar-refractivity contribution in [2.45, 2.75) is 26.5 Å². The van der Waals surface area contributed by atoms with Gasteiger partial charge in [-0.3, -0.25) is 9.36 Å². The molecule has 0 N–H and O–H groups in total. The summed E-state index contributed by atoms with van der Waals surface area (Å²) in [5, 5.41) is 2.35. The van der Waals surface area contributed by atoms with E-state index in [0.29, 0.717) is 33.0 Å². The van der Waals surface area contributed by atoms with Gasteiger partial charge in [-0.2, -0.15) is 0 Å². The van der Waals surface area contributed by atoms with Crippen molar-refractivity contribution >= 4 is 34.2 Å². The van der Waals surface area contributed by atoms with Crippen molar-refractivity contribution in [1.29, 1.82) is 0 Å². The molecule has 2 heterocycles. The lowest BCUT2D eigenvalue weighted by Crippen LogP contribution is -2.39. The first kappa shape index (κ1) is 28.2. The second kappa shape index (κ2) is 12.1. The Morgan fingerprint density at radius 2 is 1.67 bits per heavy atom. The summed E-state index contributed by atoms with van der Waals surface area (Å²) in [6, 6.07) is 28.8. The molecule has 1 aliphatic heterocycles. The highest BCUT2D eigenvalue weighted by Crippen LogP contribution is 2.31. The predicted octanol–water partition coefficient (Wildman–Crippen LogP) is 5.54. The van der Waals surface area contributed by atoms with Gasteiger partial charge < -0.3 is 14.2 Å². The van der Waals surface area contributed by atoms with Crippen molar-refractivity contribution < 1.29 is 19.0 Å². The molecule has 0 saturated heterocycles. The predicted molar refractivity (Wildman–Crippen MR) is 168 cm³/mol.